The number of aryl methyl sites for hydroxylation is 3. The van der Waals surface area contributed by atoms with Gasteiger partial charge < -0.3 is 18.6 Å². The second-order valence-electron chi connectivity index (χ2n) is 6.16. The Balaban J connectivity index is 2.11. The molecule has 1 atom stereocenters. The van der Waals surface area contributed by atoms with E-state index in [4.69, 9.17) is 14.0 Å². The molecule has 2 aromatic rings. The van der Waals surface area contributed by atoms with Crippen LogP contribution in [-0.4, -0.2) is 41.8 Å². The SMILES string of the molecule is COC[C@H](C)n1c(C)cc(C(=O)COC(=O)c2c(C)noc2C)c1C. The highest BCUT2D eigenvalue weighted by Crippen LogP contribution is 2.21. The number of aromatic nitrogens is 2. The summed E-state index contributed by atoms with van der Waals surface area (Å²) >= 11 is 0. The molecule has 0 aliphatic rings. The highest BCUT2D eigenvalue weighted by molar-refractivity contribution is 6.00. The van der Waals surface area contributed by atoms with E-state index in [0.29, 0.717) is 23.6 Å². The molecule has 136 valence electrons. The topological polar surface area (TPSA) is 83.6 Å². The van der Waals surface area contributed by atoms with Crippen molar-refractivity contribution in [1.82, 2.24) is 9.72 Å². The van der Waals surface area contributed by atoms with E-state index < -0.39 is 5.97 Å². The van der Waals surface area contributed by atoms with Gasteiger partial charge in [-0.25, -0.2) is 4.79 Å². The van der Waals surface area contributed by atoms with E-state index in [2.05, 4.69) is 5.16 Å². The van der Waals surface area contributed by atoms with Crippen LogP contribution in [0, 0.1) is 27.7 Å². The quantitative estimate of drug-likeness (QED) is 0.565. The van der Waals surface area contributed by atoms with Crippen LogP contribution in [0.4, 0.5) is 0 Å². The van der Waals surface area contributed by atoms with Gasteiger partial charge in [-0.15, -0.1) is 0 Å². The van der Waals surface area contributed by atoms with Crippen LogP contribution in [0.15, 0.2) is 10.6 Å². The van der Waals surface area contributed by atoms with E-state index in [-0.39, 0.29) is 24.0 Å². The van der Waals surface area contributed by atoms with Gasteiger partial charge in [-0.3, -0.25) is 4.79 Å². The number of nitrogens with zero attached hydrogens (tertiary/aromatic N) is 2. The molecule has 0 saturated heterocycles. The second-order valence-corrected chi connectivity index (χ2v) is 6.16. The molecule has 0 amide bonds. The van der Waals surface area contributed by atoms with Crippen LogP contribution < -0.4 is 0 Å². The van der Waals surface area contributed by atoms with E-state index in [1.807, 2.05) is 31.4 Å². The van der Waals surface area contributed by atoms with E-state index in [0.717, 1.165) is 11.4 Å². The predicted octanol–water partition coefficient (Wildman–Crippen LogP) is 2.96. The summed E-state index contributed by atoms with van der Waals surface area (Å²) in [7, 11) is 1.64. The third kappa shape index (κ3) is 3.82. The van der Waals surface area contributed by atoms with Gasteiger partial charge >= 0.3 is 5.97 Å². The van der Waals surface area contributed by atoms with E-state index in [1.165, 1.54) is 0 Å². The summed E-state index contributed by atoms with van der Waals surface area (Å²) in [6, 6.07) is 1.92. The molecule has 0 aliphatic heterocycles. The number of carbonyl (C=O) groups excluding carboxylic acids is 2. The summed E-state index contributed by atoms with van der Waals surface area (Å²) in [6.07, 6.45) is 0. The summed E-state index contributed by atoms with van der Waals surface area (Å²) < 4.78 is 17.3. The van der Waals surface area contributed by atoms with Crippen molar-refractivity contribution in [2.45, 2.75) is 40.7 Å². The predicted molar refractivity (Wildman–Crippen MR) is 91.1 cm³/mol. The zero-order valence-corrected chi connectivity index (χ0v) is 15.5. The van der Waals surface area contributed by atoms with Crippen molar-refractivity contribution in [2.24, 2.45) is 0 Å². The highest BCUT2D eigenvalue weighted by atomic mass is 16.5. The van der Waals surface area contributed by atoms with Crippen molar-refractivity contribution in [3.8, 4) is 0 Å². The fourth-order valence-electron chi connectivity index (χ4n) is 3.11. The van der Waals surface area contributed by atoms with E-state index in [1.54, 1.807) is 21.0 Å². The Bertz CT molecular complexity index is 768. The number of esters is 1. The lowest BCUT2D eigenvalue weighted by molar-refractivity contribution is 0.0472. The van der Waals surface area contributed by atoms with Gasteiger partial charge in [-0.1, -0.05) is 5.16 Å². The Morgan fingerprint density at radius 3 is 2.52 bits per heavy atom. The van der Waals surface area contributed by atoms with Crippen molar-refractivity contribution in [3.63, 3.8) is 0 Å². The Labute approximate surface area is 146 Å². The molecule has 2 aromatic heterocycles. The number of rotatable bonds is 7. The monoisotopic (exact) mass is 348 g/mol. The summed E-state index contributed by atoms with van der Waals surface area (Å²) in [5.74, 6) is -0.475. The molecule has 2 heterocycles. The average molecular weight is 348 g/mol. The molecule has 0 unspecified atom stereocenters. The number of hydrogen-bond acceptors (Lipinski definition) is 6. The molecule has 0 N–H and O–H groups in total. The van der Waals surface area contributed by atoms with Crippen LogP contribution in [0.2, 0.25) is 0 Å². The highest BCUT2D eigenvalue weighted by Gasteiger charge is 2.23. The molecule has 0 aliphatic carbocycles. The van der Waals surface area contributed by atoms with Crippen LogP contribution in [0.1, 0.15) is 56.5 Å². The Kier molecular flexibility index (Phi) is 5.79. The van der Waals surface area contributed by atoms with E-state index in [9.17, 15) is 9.59 Å². The molecular formula is C18H24N2O5. The van der Waals surface area contributed by atoms with Crippen molar-refractivity contribution in [1.29, 1.82) is 0 Å². The smallest absolute Gasteiger partial charge is 0.344 e. The summed E-state index contributed by atoms with van der Waals surface area (Å²) in [6.45, 7) is 9.34. The fraction of sp³-hybridized carbons (Fsp3) is 0.500. The molecule has 25 heavy (non-hydrogen) atoms. The first-order valence-electron chi connectivity index (χ1n) is 8.08. The van der Waals surface area contributed by atoms with Crippen molar-refractivity contribution in [2.75, 3.05) is 20.3 Å². The average Bonchev–Trinajstić information content (AvgIpc) is 3.04. The van der Waals surface area contributed by atoms with Crippen LogP contribution in [0.3, 0.4) is 0 Å². The summed E-state index contributed by atoms with van der Waals surface area (Å²) in [5.41, 5.74) is 3.06. The van der Waals surface area contributed by atoms with Gasteiger partial charge in [0.1, 0.15) is 11.3 Å². The number of ketones is 1. The number of carbonyl (C=O) groups is 2. The maximum Gasteiger partial charge on any atom is 0.344 e. The molecule has 2 rings (SSSR count). The second kappa shape index (κ2) is 7.65. The molecule has 0 radical (unpaired) electrons. The lowest BCUT2D eigenvalue weighted by atomic mass is 10.1. The minimum Gasteiger partial charge on any atom is -0.454 e. The third-order valence-corrected chi connectivity index (χ3v) is 4.21. The van der Waals surface area contributed by atoms with Crippen LogP contribution in [-0.2, 0) is 9.47 Å². The third-order valence-electron chi connectivity index (χ3n) is 4.21. The first-order chi connectivity index (χ1) is 11.8. The lowest BCUT2D eigenvalue weighted by Crippen LogP contribution is -2.17. The first-order valence-corrected chi connectivity index (χ1v) is 8.08. The van der Waals surface area contributed by atoms with Gasteiger partial charge in [0.15, 0.2) is 6.61 Å². The standard InChI is InChI=1S/C18H24N2O5/c1-10-7-15(13(4)20(10)11(2)8-23-6)16(21)9-24-18(22)17-12(3)19-25-14(17)5/h7,11H,8-9H2,1-6H3/t11-/m0/s1. The maximum atomic E-state index is 12.5. The van der Waals surface area contributed by atoms with Gasteiger partial charge in [0.25, 0.3) is 0 Å². The molecule has 0 fully saturated rings. The van der Waals surface area contributed by atoms with Gasteiger partial charge in [-0.05, 0) is 40.7 Å². The van der Waals surface area contributed by atoms with Crippen LogP contribution in [0.25, 0.3) is 0 Å². The normalized spacial score (nSPS) is 12.2. The van der Waals surface area contributed by atoms with E-state index >= 15 is 0 Å². The number of hydrogen-bond donors (Lipinski definition) is 0. The molecule has 0 bridgehead atoms. The summed E-state index contributed by atoms with van der Waals surface area (Å²) in [4.78, 5) is 24.6. The van der Waals surface area contributed by atoms with Crippen molar-refractivity contribution in [3.05, 3.63) is 40.0 Å². The van der Waals surface area contributed by atoms with Crippen LogP contribution >= 0.6 is 0 Å². The number of Topliss-reactive ketones (excluding diaryl/α,β-unsaturated/α-hetero) is 1. The van der Waals surface area contributed by atoms with Crippen molar-refractivity contribution >= 4 is 11.8 Å². The van der Waals surface area contributed by atoms with Gasteiger partial charge in [0, 0.05) is 24.1 Å². The zero-order chi connectivity index (χ0) is 18.7. The number of methoxy groups -OCH3 is 1. The fourth-order valence-corrected chi connectivity index (χ4v) is 3.11. The Morgan fingerprint density at radius 1 is 1.28 bits per heavy atom. The van der Waals surface area contributed by atoms with Gasteiger partial charge in [-0.2, -0.15) is 0 Å². The van der Waals surface area contributed by atoms with Crippen LogP contribution in [0.5, 0.6) is 0 Å². The van der Waals surface area contributed by atoms with Gasteiger partial charge in [0.2, 0.25) is 5.78 Å². The minimum atomic E-state index is -0.605. The molecular weight excluding hydrogens is 324 g/mol. The number of ether oxygens (including phenoxy) is 2. The Morgan fingerprint density at radius 2 is 1.96 bits per heavy atom. The maximum absolute atomic E-state index is 12.5. The minimum absolute atomic E-state index is 0.108. The molecule has 0 saturated carbocycles. The largest absolute Gasteiger partial charge is 0.454 e. The summed E-state index contributed by atoms with van der Waals surface area (Å²) in [5, 5.41) is 3.71. The lowest BCUT2D eigenvalue weighted by Gasteiger charge is -2.17. The van der Waals surface area contributed by atoms with Crippen molar-refractivity contribution < 1.29 is 23.6 Å². The van der Waals surface area contributed by atoms with Gasteiger partial charge in [0.05, 0.1) is 18.3 Å². The zero-order valence-electron chi connectivity index (χ0n) is 15.5. The Hall–Kier alpha value is -2.41. The molecule has 7 heteroatoms. The molecule has 0 spiro atoms. The molecule has 7 nitrogen and oxygen atoms in total. The molecule has 0 aromatic carbocycles. The first kappa shape index (κ1) is 18.9.